The van der Waals surface area contributed by atoms with Crippen molar-refractivity contribution < 1.29 is 28.8 Å². The van der Waals surface area contributed by atoms with Gasteiger partial charge in [-0.3, -0.25) is 4.79 Å². The predicted octanol–water partition coefficient (Wildman–Crippen LogP) is 7.23. The molecule has 4 rings (SSSR count). The molecule has 2 heterocycles. The Morgan fingerprint density at radius 2 is 1.74 bits per heavy atom. The molecule has 0 bridgehead atoms. The SMILES string of the molecule is O=C(O)CCC/C=C\C[C@H]1CCC(OC2CCCCO2)[C@@H]1/C=C/[C@H](CCc1ccccc1)OC1CCCCO1. The maximum absolute atomic E-state index is 10.8. The normalized spacial score (nSPS) is 28.8. The van der Waals surface area contributed by atoms with Crippen LogP contribution in [0.5, 0.6) is 0 Å². The smallest absolute Gasteiger partial charge is 0.303 e. The minimum Gasteiger partial charge on any atom is -0.481 e. The number of carbonyl (C=O) groups is 1. The molecule has 1 N–H and O–H groups in total. The van der Waals surface area contributed by atoms with Crippen molar-refractivity contribution in [2.45, 2.75) is 115 Å². The van der Waals surface area contributed by atoms with Crippen LogP contribution in [0.4, 0.5) is 0 Å². The van der Waals surface area contributed by atoms with Gasteiger partial charge in [0.05, 0.1) is 12.2 Å². The molecule has 3 unspecified atom stereocenters. The standard InChI is InChI=1S/C33H48O6/c34-31(35)15-7-2-1-6-14-27-19-23-30(39-33-17-9-11-25-37-33)29(27)22-21-28(38-32-16-8-10-24-36-32)20-18-26-12-4-3-5-13-26/h1,3-6,12-13,21-22,27-30,32-33H,2,7-11,14-20,23-25H2,(H,34,35)/b6-1-,22-21+/t27-,28-,29+,30?,32?,33?/m0/s1. The summed E-state index contributed by atoms with van der Waals surface area (Å²) in [5.74, 6) is 0.0672. The highest BCUT2D eigenvalue weighted by atomic mass is 16.7. The van der Waals surface area contributed by atoms with Crippen LogP contribution in [0.3, 0.4) is 0 Å². The average Bonchev–Trinajstić information content (AvgIpc) is 3.34. The monoisotopic (exact) mass is 540 g/mol. The molecule has 6 nitrogen and oxygen atoms in total. The van der Waals surface area contributed by atoms with E-state index >= 15 is 0 Å². The van der Waals surface area contributed by atoms with E-state index in [4.69, 9.17) is 24.1 Å². The summed E-state index contributed by atoms with van der Waals surface area (Å²) in [5, 5.41) is 8.88. The highest BCUT2D eigenvalue weighted by Gasteiger charge is 2.36. The summed E-state index contributed by atoms with van der Waals surface area (Å²) in [6.45, 7) is 1.57. The summed E-state index contributed by atoms with van der Waals surface area (Å²) in [7, 11) is 0. The number of allylic oxidation sites excluding steroid dienone is 2. The lowest BCUT2D eigenvalue weighted by atomic mass is 9.90. The van der Waals surface area contributed by atoms with Crippen molar-refractivity contribution in [2.75, 3.05) is 13.2 Å². The number of benzene rings is 1. The van der Waals surface area contributed by atoms with Gasteiger partial charge in [-0.2, -0.15) is 0 Å². The molecule has 1 aromatic carbocycles. The van der Waals surface area contributed by atoms with E-state index in [1.54, 1.807) is 0 Å². The van der Waals surface area contributed by atoms with Crippen molar-refractivity contribution in [1.82, 2.24) is 0 Å². The van der Waals surface area contributed by atoms with E-state index in [1.807, 2.05) is 0 Å². The highest BCUT2D eigenvalue weighted by molar-refractivity contribution is 5.66. The second-order valence-corrected chi connectivity index (χ2v) is 11.3. The van der Waals surface area contributed by atoms with Crippen molar-refractivity contribution >= 4 is 5.97 Å². The first kappa shape index (κ1) is 30.0. The molecule has 0 amide bonds. The van der Waals surface area contributed by atoms with Gasteiger partial charge in [0.25, 0.3) is 0 Å². The largest absolute Gasteiger partial charge is 0.481 e. The van der Waals surface area contributed by atoms with Crippen LogP contribution in [-0.4, -0.2) is 49.1 Å². The molecule has 6 atom stereocenters. The van der Waals surface area contributed by atoms with Crippen LogP contribution >= 0.6 is 0 Å². The van der Waals surface area contributed by atoms with Gasteiger partial charge in [0.1, 0.15) is 0 Å². The van der Waals surface area contributed by atoms with Gasteiger partial charge in [0.15, 0.2) is 12.6 Å². The number of aliphatic carboxylic acids is 1. The fraction of sp³-hybridized carbons (Fsp3) is 0.667. The molecule has 39 heavy (non-hydrogen) atoms. The molecule has 6 heteroatoms. The van der Waals surface area contributed by atoms with Crippen LogP contribution in [0.2, 0.25) is 0 Å². The lowest BCUT2D eigenvalue weighted by Crippen LogP contribution is -2.31. The first-order valence-electron chi connectivity index (χ1n) is 15.3. The van der Waals surface area contributed by atoms with Crippen molar-refractivity contribution in [1.29, 1.82) is 0 Å². The van der Waals surface area contributed by atoms with Gasteiger partial charge in [-0.1, -0.05) is 54.6 Å². The number of rotatable bonds is 15. The van der Waals surface area contributed by atoms with Crippen molar-refractivity contribution in [3.63, 3.8) is 0 Å². The third-order valence-corrected chi connectivity index (χ3v) is 8.20. The first-order chi connectivity index (χ1) is 19.2. The number of carboxylic acids is 1. The van der Waals surface area contributed by atoms with Gasteiger partial charge < -0.3 is 24.1 Å². The van der Waals surface area contributed by atoms with Crippen LogP contribution in [0.15, 0.2) is 54.6 Å². The molecule has 2 aliphatic heterocycles. The maximum Gasteiger partial charge on any atom is 0.303 e. The molecule has 216 valence electrons. The van der Waals surface area contributed by atoms with Crippen LogP contribution in [0.1, 0.15) is 89.0 Å². The molecule has 0 aromatic heterocycles. The lowest BCUT2D eigenvalue weighted by Gasteiger charge is -2.30. The van der Waals surface area contributed by atoms with Crippen LogP contribution in [0.25, 0.3) is 0 Å². The van der Waals surface area contributed by atoms with Crippen molar-refractivity contribution in [3.8, 4) is 0 Å². The molecule has 3 fully saturated rings. The quantitative estimate of drug-likeness (QED) is 0.187. The zero-order valence-corrected chi connectivity index (χ0v) is 23.5. The Morgan fingerprint density at radius 3 is 2.46 bits per heavy atom. The van der Waals surface area contributed by atoms with Gasteiger partial charge in [-0.05, 0) is 95.0 Å². The molecule has 3 aliphatic rings. The molecule has 1 aliphatic carbocycles. The second-order valence-electron chi connectivity index (χ2n) is 11.3. The molecule has 0 spiro atoms. The zero-order chi connectivity index (χ0) is 27.1. The Morgan fingerprint density at radius 1 is 0.974 bits per heavy atom. The van der Waals surface area contributed by atoms with Gasteiger partial charge >= 0.3 is 5.97 Å². The summed E-state index contributed by atoms with van der Waals surface area (Å²) in [6.07, 6.45) is 22.2. The molecule has 0 radical (unpaired) electrons. The first-order valence-corrected chi connectivity index (χ1v) is 15.3. The number of carboxylic acid groups (broad SMARTS) is 1. The van der Waals surface area contributed by atoms with Crippen LogP contribution in [0, 0.1) is 11.8 Å². The summed E-state index contributed by atoms with van der Waals surface area (Å²) in [4.78, 5) is 10.8. The van der Waals surface area contributed by atoms with Crippen molar-refractivity contribution in [3.05, 3.63) is 60.2 Å². The van der Waals surface area contributed by atoms with E-state index in [-0.39, 0.29) is 31.2 Å². The van der Waals surface area contributed by atoms with E-state index in [0.717, 1.165) is 90.3 Å². The average molecular weight is 541 g/mol. The van der Waals surface area contributed by atoms with E-state index in [1.165, 1.54) is 5.56 Å². The third kappa shape index (κ3) is 10.8. The van der Waals surface area contributed by atoms with Crippen LogP contribution < -0.4 is 0 Å². The summed E-state index contributed by atoms with van der Waals surface area (Å²) >= 11 is 0. The van der Waals surface area contributed by atoms with E-state index < -0.39 is 5.97 Å². The number of ether oxygens (including phenoxy) is 4. The molecule has 2 saturated heterocycles. The number of hydrogen-bond acceptors (Lipinski definition) is 5. The van der Waals surface area contributed by atoms with Gasteiger partial charge in [0, 0.05) is 25.6 Å². The van der Waals surface area contributed by atoms with Gasteiger partial charge in [-0.15, -0.1) is 0 Å². The fourth-order valence-corrected chi connectivity index (χ4v) is 5.98. The molecule has 1 saturated carbocycles. The topological polar surface area (TPSA) is 74.2 Å². The number of unbranched alkanes of at least 4 members (excludes halogenated alkanes) is 1. The fourth-order valence-electron chi connectivity index (χ4n) is 5.98. The summed E-state index contributed by atoms with van der Waals surface area (Å²) < 4.78 is 24.9. The minimum absolute atomic E-state index is 0.00676. The van der Waals surface area contributed by atoms with E-state index in [9.17, 15) is 4.79 Å². The van der Waals surface area contributed by atoms with Gasteiger partial charge in [0.2, 0.25) is 0 Å². The Hall–Kier alpha value is -1.99. The summed E-state index contributed by atoms with van der Waals surface area (Å²) in [5.41, 5.74) is 1.33. The Balaban J connectivity index is 1.41. The van der Waals surface area contributed by atoms with Gasteiger partial charge in [-0.25, -0.2) is 0 Å². The number of hydrogen-bond donors (Lipinski definition) is 1. The maximum atomic E-state index is 10.8. The molecular weight excluding hydrogens is 492 g/mol. The Bertz CT molecular complexity index is 871. The van der Waals surface area contributed by atoms with Crippen molar-refractivity contribution in [2.24, 2.45) is 11.8 Å². The Kier molecular flexibility index (Phi) is 13.0. The number of aryl methyl sites for hydroxylation is 1. The summed E-state index contributed by atoms with van der Waals surface area (Å²) in [6, 6.07) is 10.6. The zero-order valence-electron chi connectivity index (χ0n) is 23.5. The van der Waals surface area contributed by atoms with Crippen LogP contribution in [-0.2, 0) is 30.2 Å². The van der Waals surface area contributed by atoms with E-state index in [0.29, 0.717) is 18.3 Å². The van der Waals surface area contributed by atoms with E-state index in [2.05, 4.69) is 54.6 Å². The minimum atomic E-state index is -0.725. The second kappa shape index (κ2) is 17.0. The third-order valence-electron chi connectivity index (χ3n) is 8.20. The Labute approximate surface area is 234 Å². The predicted molar refractivity (Wildman–Crippen MR) is 152 cm³/mol. The molecular formula is C33H48O6. The molecule has 1 aromatic rings. The lowest BCUT2D eigenvalue weighted by molar-refractivity contribution is -0.192. The highest BCUT2D eigenvalue weighted by Crippen LogP contribution is 2.39.